The molecule has 0 aliphatic heterocycles. The Hall–Kier alpha value is -1.48. The fourth-order valence-corrected chi connectivity index (χ4v) is 3.27. The Labute approximate surface area is 114 Å². The number of hydrogen-bond donors (Lipinski definition) is 2. The number of nitrogens with one attached hydrogen (secondary N) is 1. The first-order valence-corrected chi connectivity index (χ1v) is 7.20. The second-order valence-corrected chi connectivity index (χ2v) is 5.58. The van der Waals surface area contributed by atoms with Crippen molar-refractivity contribution in [2.75, 3.05) is 7.11 Å². The van der Waals surface area contributed by atoms with Crippen LogP contribution in [-0.4, -0.2) is 12.1 Å². The topological polar surface area (TPSA) is 51.0 Å². The number of aromatic amines is 1. The van der Waals surface area contributed by atoms with Crippen LogP contribution in [0.25, 0.3) is 10.9 Å². The predicted octanol–water partition coefficient (Wildman–Crippen LogP) is 3.76. The van der Waals surface area contributed by atoms with E-state index in [1.54, 1.807) is 7.11 Å². The first-order valence-electron chi connectivity index (χ1n) is 7.20. The van der Waals surface area contributed by atoms with Crippen LogP contribution in [0, 0.1) is 5.92 Å². The summed E-state index contributed by atoms with van der Waals surface area (Å²) in [6.45, 7) is 0. The Morgan fingerprint density at radius 1 is 1.26 bits per heavy atom. The molecule has 0 amide bonds. The number of methoxy groups -OCH3 is 1. The molecule has 1 aromatic carbocycles. The Balaban J connectivity index is 1.94. The number of H-pyrrole nitrogens is 1. The Kier molecular flexibility index (Phi) is 3.47. The van der Waals surface area contributed by atoms with E-state index in [2.05, 4.69) is 23.3 Å². The van der Waals surface area contributed by atoms with E-state index >= 15 is 0 Å². The maximum absolute atomic E-state index is 6.51. The van der Waals surface area contributed by atoms with Gasteiger partial charge in [0.15, 0.2) is 0 Å². The quantitative estimate of drug-likeness (QED) is 0.880. The molecular weight excluding hydrogens is 236 g/mol. The highest BCUT2D eigenvalue weighted by molar-refractivity contribution is 5.85. The van der Waals surface area contributed by atoms with Crippen LogP contribution in [-0.2, 0) is 0 Å². The van der Waals surface area contributed by atoms with Crippen LogP contribution >= 0.6 is 0 Å². The third-order valence-corrected chi connectivity index (χ3v) is 4.44. The van der Waals surface area contributed by atoms with Gasteiger partial charge >= 0.3 is 0 Å². The third-order valence-electron chi connectivity index (χ3n) is 4.44. The molecule has 1 aromatic heterocycles. The van der Waals surface area contributed by atoms with Crippen LogP contribution in [0.3, 0.4) is 0 Å². The van der Waals surface area contributed by atoms with E-state index in [0.29, 0.717) is 5.92 Å². The molecule has 1 saturated carbocycles. The summed E-state index contributed by atoms with van der Waals surface area (Å²) in [7, 11) is 1.70. The van der Waals surface area contributed by atoms with Crippen molar-refractivity contribution in [2.45, 2.75) is 38.1 Å². The Morgan fingerprint density at radius 3 is 2.79 bits per heavy atom. The fourth-order valence-electron chi connectivity index (χ4n) is 3.27. The Bertz CT molecular complexity index is 555. The summed E-state index contributed by atoms with van der Waals surface area (Å²) in [4.78, 5) is 3.32. The molecule has 1 atom stereocenters. The molecule has 0 radical (unpaired) electrons. The molecule has 1 aliphatic rings. The SMILES string of the molecule is COc1ccc2[nH]cc([C@@H](N)C3CCCCC3)c2c1. The minimum atomic E-state index is 0.140. The van der Waals surface area contributed by atoms with Crippen molar-refractivity contribution in [3.8, 4) is 5.75 Å². The van der Waals surface area contributed by atoms with Crippen molar-refractivity contribution in [1.82, 2.24) is 4.98 Å². The van der Waals surface area contributed by atoms with Gasteiger partial charge in [-0.15, -0.1) is 0 Å². The van der Waals surface area contributed by atoms with Gasteiger partial charge in [0.1, 0.15) is 5.75 Å². The molecule has 3 rings (SSSR count). The molecule has 102 valence electrons. The van der Waals surface area contributed by atoms with Crippen LogP contribution in [0.4, 0.5) is 0 Å². The van der Waals surface area contributed by atoms with Crippen LogP contribution in [0.5, 0.6) is 5.75 Å². The number of benzene rings is 1. The number of ether oxygens (including phenoxy) is 1. The summed E-state index contributed by atoms with van der Waals surface area (Å²) in [5.74, 6) is 1.52. The molecule has 19 heavy (non-hydrogen) atoms. The number of nitrogens with two attached hydrogens (primary N) is 1. The van der Waals surface area contributed by atoms with Crippen molar-refractivity contribution >= 4 is 10.9 Å². The summed E-state index contributed by atoms with van der Waals surface area (Å²) in [5, 5.41) is 1.21. The van der Waals surface area contributed by atoms with Crippen molar-refractivity contribution < 1.29 is 4.74 Å². The number of aromatic nitrogens is 1. The standard InChI is InChI=1S/C16H22N2O/c1-19-12-7-8-15-13(9-12)14(10-18-15)16(17)11-5-3-2-4-6-11/h7-11,16,18H,2-6,17H2,1H3/t16-/m0/s1. The van der Waals surface area contributed by atoms with Crippen LogP contribution in [0.15, 0.2) is 24.4 Å². The number of rotatable bonds is 3. The van der Waals surface area contributed by atoms with Crippen molar-refractivity contribution in [3.63, 3.8) is 0 Å². The smallest absolute Gasteiger partial charge is 0.119 e. The lowest BCUT2D eigenvalue weighted by molar-refractivity contribution is 0.309. The zero-order valence-corrected chi connectivity index (χ0v) is 11.5. The molecular formula is C16H22N2O. The van der Waals surface area contributed by atoms with Crippen molar-refractivity contribution in [1.29, 1.82) is 0 Å². The maximum Gasteiger partial charge on any atom is 0.119 e. The average molecular weight is 258 g/mol. The van der Waals surface area contributed by atoms with E-state index < -0.39 is 0 Å². The van der Waals surface area contributed by atoms with E-state index in [1.165, 1.54) is 43.1 Å². The fraction of sp³-hybridized carbons (Fsp3) is 0.500. The van der Waals surface area contributed by atoms with Gasteiger partial charge in [0, 0.05) is 23.1 Å². The van der Waals surface area contributed by atoms with Gasteiger partial charge in [0.05, 0.1) is 7.11 Å². The maximum atomic E-state index is 6.51. The van der Waals surface area contributed by atoms with Gasteiger partial charge in [-0.3, -0.25) is 0 Å². The van der Waals surface area contributed by atoms with E-state index in [0.717, 1.165) is 11.3 Å². The van der Waals surface area contributed by atoms with Gasteiger partial charge in [0.2, 0.25) is 0 Å². The molecule has 1 aliphatic carbocycles. The minimum Gasteiger partial charge on any atom is -0.497 e. The number of fused-ring (bicyclic) bond motifs is 1. The highest BCUT2D eigenvalue weighted by atomic mass is 16.5. The lowest BCUT2D eigenvalue weighted by Crippen LogP contribution is -2.23. The second kappa shape index (κ2) is 5.25. The number of hydrogen-bond acceptors (Lipinski definition) is 2. The van der Waals surface area contributed by atoms with E-state index in [-0.39, 0.29) is 6.04 Å². The first-order chi connectivity index (χ1) is 9.29. The molecule has 0 saturated heterocycles. The van der Waals surface area contributed by atoms with Crippen molar-refractivity contribution in [3.05, 3.63) is 30.0 Å². The van der Waals surface area contributed by atoms with Crippen LogP contribution in [0.2, 0.25) is 0 Å². The zero-order chi connectivity index (χ0) is 13.2. The minimum absolute atomic E-state index is 0.140. The summed E-state index contributed by atoms with van der Waals surface area (Å²) in [6, 6.07) is 6.27. The van der Waals surface area contributed by atoms with Crippen LogP contribution in [0.1, 0.15) is 43.7 Å². The summed E-state index contributed by atoms with van der Waals surface area (Å²) < 4.78 is 5.32. The zero-order valence-electron chi connectivity index (χ0n) is 11.5. The normalized spacial score (nSPS) is 18.6. The molecule has 0 unspecified atom stereocenters. The van der Waals surface area contributed by atoms with Gasteiger partial charge in [-0.25, -0.2) is 0 Å². The highest BCUT2D eigenvalue weighted by Crippen LogP contribution is 2.36. The van der Waals surface area contributed by atoms with E-state index in [4.69, 9.17) is 10.5 Å². The van der Waals surface area contributed by atoms with Gasteiger partial charge in [-0.2, -0.15) is 0 Å². The summed E-state index contributed by atoms with van der Waals surface area (Å²) in [5.41, 5.74) is 8.89. The molecule has 3 nitrogen and oxygen atoms in total. The lowest BCUT2D eigenvalue weighted by Gasteiger charge is -2.27. The molecule has 3 N–H and O–H groups in total. The molecule has 0 bridgehead atoms. The summed E-state index contributed by atoms with van der Waals surface area (Å²) >= 11 is 0. The summed E-state index contributed by atoms with van der Waals surface area (Å²) in [6.07, 6.45) is 8.61. The van der Waals surface area contributed by atoms with E-state index in [9.17, 15) is 0 Å². The van der Waals surface area contributed by atoms with E-state index in [1.807, 2.05) is 6.07 Å². The third kappa shape index (κ3) is 2.35. The van der Waals surface area contributed by atoms with Crippen LogP contribution < -0.4 is 10.5 Å². The lowest BCUT2D eigenvalue weighted by atomic mass is 9.81. The Morgan fingerprint density at radius 2 is 2.05 bits per heavy atom. The molecule has 0 spiro atoms. The van der Waals surface area contributed by atoms with Gasteiger partial charge in [-0.05, 0) is 42.5 Å². The second-order valence-electron chi connectivity index (χ2n) is 5.58. The van der Waals surface area contributed by atoms with Gasteiger partial charge in [0.25, 0.3) is 0 Å². The highest BCUT2D eigenvalue weighted by Gasteiger charge is 2.23. The monoisotopic (exact) mass is 258 g/mol. The average Bonchev–Trinajstić information content (AvgIpc) is 2.90. The van der Waals surface area contributed by atoms with Crippen molar-refractivity contribution in [2.24, 2.45) is 11.7 Å². The molecule has 1 fully saturated rings. The molecule has 2 aromatic rings. The van der Waals surface area contributed by atoms with Gasteiger partial charge < -0.3 is 15.5 Å². The first kappa shape index (κ1) is 12.5. The molecule has 1 heterocycles. The largest absolute Gasteiger partial charge is 0.497 e. The predicted molar refractivity (Wildman–Crippen MR) is 78.4 cm³/mol. The molecule has 3 heteroatoms. The van der Waals surface area contributed by atoms with Gasteiger partial charge in [-0.1, -0.05) is 19.3 Å².